The summed E-state index contributed by atoms with van der Waals surface area (Å²) in [5.41, 5.74) is 0.673. The number of carbonyl (C=O) groups is 1. The smallest absolute Gasteiger partial charge is 0.268 e. The molecule has 21 heavy (non-hydrogen) atoms. The van der Waals surface area contributed by atoms with Crippen molar-refractivity contribution in [2.45, 2.75) is 12.1 Å². The number of nitrogens with one attached hydrogen (secondary N) is 1. The van der Waals surface area contributed by atoms with E-state index in [1.165, 1.54) is 17.8 Å². The first-order chi connectivity index (χ1) is 10.2. The van der Waals surface area contributed by atoms with Crippen LogP contribution in [-0.2, 0) is 4.79 Å². The van der Waals surface area contributed by atoms with Crippen molar-refractivity contribution in [1.82, 2.24) is 14.3 Å². The maximum absolute atomic E-state index is 12.0. The highest BCUT2D eigenvalue weighted by atomic mass is 32.2. The molecule has 6 nitrogen and oxygen atoms in total. The summed E-state index contributed by atoms with van der Waals surface area (Å²) in [4.78, 5) is 20.1. The van der Waals surface area contributed by atoms with Gasteiger partial charge in [0.15, 0.2) is 0 Å². The standard InChI is InChI=1S/C13H11N5OS2/c1-2-20-13-17-12(21-18-13)16-11(19)10(7-14)6-9-4-3-5-15-8-9/h3-6,8H,2H2,1H3,(H,16,17,18,19)/b10-6-. The zero-order valence-electron chi connectivity index (χ0n) is 11.1. The van der Waals surface area contributed by atoms with Crippen molar-refractivity contribution in [3.05, 3.63) is 35.7 Å². The van der Waals surface area contributed by atoms with Gasteiger partial charge in [-0.25, -0.2) is 0 Å². The average Bonchev–Trinajstić information content (AvgIpc) is 2.93. The van der Waals surface area contributed by atoms with E-state index >= 15 is 0 Å². The lowest BCUT2D eigenvalue weighted by Crippen LogP contribution is -2.13. The molecule has 0 saturated carbocycles. The summed E-state index contributed by atoms with van der Waals surface area (Å²) in [6.07, 6.45) is 4.67. The van der Waals surface area contributed by atoms with Crippen LogP contribution in [0.3, 0.4) is 0 Å². The second kappa shape index (κ2) is 7.52. The van der Waals surface area contributed by atoms with Gasteiger partial charge in [0.05, 0.1) is 0 Å². The second-order valence-electron chi connectivity index (χ2n) is 3.73. The van der Waals surface area contributed by atoms with E-state index in [9.17, 15) is 4.79 Å². The minimum absolute atomic E-state index is 0.0112. The number of hydrogen-bond acceptors (Lipinski definition) is 7. The van der Waals surface area contributed by atoms with Crippen LogP contribution in [-0.4, -0.2) is 26.0 Å². The molecule has 0 aliphatic heterocycles. The molecule has 8 heteroatoms. The first-order valence-electron chi connectivity index (χ1n) is 6.02. The summed E-state index contributed by atoms with van der Waals surface area (Å²) in [6, 6.07) is 5.37. The summed E-state index contributed by atoms with van der Waals surface area (Å²) in [5.74, 6) is 0.347. The van der Waals surface area contributed by atoms with Crippen LogP contribution < -0.4 is 5.32 Å². The maximum atomic E-state index is 12.0. The number of hydrogen-bond donors (Lipinski definition) is 1. The lowest BCUT2D eigenvalue weighted by Gasteiger charge is -1.99. The van der Waals surface area contributed by atoms with Crippen LogP contribution >= 0.6 is 23.3 Å². The number of anilines is 1. The van der Waals surface area contributed by atoms with Crippen molar-refractivity contribution >= 4 is 40.4 Å². The van der Waals surface area contributed by atoms with Gasteiger partial charge in [-0.3, -0.25) is 15.1 Å². The number of nitrogens with zero attached hydrogens (tertiary/aromatic N) is 4. The van der Waals surface area contributed by atoms with Gasteiger partial charge in [0.1, 0.15) is 11.6 Å². The molecule has 0 aliphatic rings. The topological polar surface area (TPSA) is 91.6 Å². The third-order valence-electron chi connectivity index (χ3n) is 2.26. The third-order valence-corrected chi connectivity index (χ3v) is 3.74. The third kappa shape index (κ3) is 4.37. The van der Waals surface area contributed by atoms with Gasteiger partial charge in [0.2, 0.25) is 10.3 Å². The van der Waals surface area contributed by atoms with E-state index in [1.54, 1.807) is 24.5 Å². The number of rotatable bonds is 5. The highest BCUT2D eigenvalue weighted by Crippen LogP contribution is 2.20. The number of pyridine rings is 1. The van der Waals surface area contributed by atoms with Gasteiger partial charge in [-0.05, 0) is 23.5 Å². The minimum atomic E-state index is -0.509. The fourth-order valence-electron chi connectivity index (χ4n) is 1.39. The molecule has 2 heterocycles. The van der Waals surface area contributed by atoms with Crippen molar-refractivity contribution in [1.29, 1.82) is 5.26 Å². The van der Waals surface area contributed by atoms with Crippen molar-refractivity contribution in [2.75, 3.05) is 11.1 Å². The zero-order valence-corrected chi connectivity index (χ0v) is 12.7. The molecule has 0 fully saturated rings. The van der Waals surface area contributed by atoms with Crippen molar-refractivity contribution < 1.29 is 4.79 Å². The van der Waals surface area contributed by atoms with Crippen molar-refractivity contribution in [3.8, 4) is 6.07 Å². The molecular formula is C13H11N5OS2. The van der Waals surface area contributed by atoms with Crippen LogP contribution in [0.4, 0.5) is 5.13 Å². The molecule has 1 N–H and O–H groups in total. The number of thioether (sulfide) groups is 1. The molecule has 0 saturated heterocycles. The molecular weight excluding hydrogens is 306 g/mol. The summed E-state index contributed by atoms with van der Waals surface area (Å²) >= 11 is 2.58. The first-order valence-corrected chi connectivity index (χ1v) is 7.78. The Morgan fingerprint density at radius 2 is 2.48 bits per heavy atom. The van der Waals surface area contributed by atoms with E-state index in [1.807, 2.05) is 13.0 Å². The van der Waals surface area contributed by atoms with Crippen LogP contribution in [0.15, 0.2) is 35.3 Å². The molecule has 0 aliphatic carbocycles. The monoisotopic (exact) mass is 317 g/mol. The van der Waals surface area contributed by atoms with Crippen LogP contribution in [0.1, 0.15) is 12.5 Å². The Balaban J connectivity index is 2.10. The largest absolute Gasteiger partial charge is 0.296 e. The predicted molar refractivity (Wildman–Crippen MR) is 82.8 cm³/mol. The van der Waals surface area contributed by atoms with Gasteiger partial charge in [-0.1, -0.05) is 24.8 Å². The highest BCUT2D eigenvalue weighted by molar-refractivity contribution is 7.99. The summed E-state index contributed by atoms with van der Waals surface area (Å²) in [6.45, 7) is 1.99. The lowest BCUT2D eigenvalue weighted by molar-refractivity contribution is -0.112. The van der Waals surface area contributed by atoms with E-state index in [-0.39, 0.29) is 5.57 Å². The van der Waals surface area contributed by atoms with Gasteiger partial charge in [0.25, 0.3) is 5.91 Å². The van der Waals surface area contributed by atoms with E-state index in [2.05, 4.69) is 19.7 Å². The molecule has 0 aromatic carbocycles. The molecule has 2 aromatic rings. The minimum Gasteiger partial charge on any atom is -0.296 e. The van der Waals surface area contributed by atoms with E-state index in [4.69, 9.17) is 5.26 Å². The Morgan fingerprint density at radius 3 is 3.14 bits per heavy atom. The second-order valence-corrected chi connectivity index (χ2v) is 5.71. The van der Waals surface area contributed by atoms with E-state index in [0.29, 0.717) is 15.9 Å². The Morgan fingerprint density at radius 1 is 1.62 bits per heavy atom. The predicted octanol–water partition coefficient (Wildman–Crippen LogP) is 2.59. The number of carbonyl (C=O) groups excluding carboxylic acids is 1. The molecule has 106 valence electrons. The van der Waals surface area contributed by atoms with Gasteiger partial charge in [-0.2, -0.15) is 14.6 Å². The SMILES string of the molecule is CCSc1nsc(NC(=O)/C(C#N)=C\c2cccnc2)n1. The molecule has 2 rings (SSSR count). The van der Waals surface area contributed by atoms with Crippen molar-refractivity contribution in [3.63, 3.8) is 0 Å². The fourth-order valence-corrected chi connectivity index (χ4v) is 2.65. The Kier molecular flexibility index (Phi) is 5.43. The molecule has 0 unspecified atom stereocenters. The summed E-state index contributed by atoms with van der Waals surface area (Å²) in [7, 11) is 0. The van der Waals surface area contributed by atoms with Gasteiger partial charge in [0, 0.05) is 23.9 Å². The quantitative estimate of drug-likeness (QED) is 0.518. The number of aromatic nitrogens is 3. The first kappa shape index (κ1) is 15.2. The molecule has 0 bridgehead atoms. The van der Waals surface area contributed by atoms with Gasteiger partial charge >= 0.3 is 0 Å². The molecule has 0 radical (unpaired) electrons. The normalized spacial score (nSPS) is 11.0. The summed E-state index contributed by atoms with van der Waals surface area (Å²) < 4.78 is 4.09. The number of amides is 1. The van der Waals surface area contributed by atoms with Crippen molar-refractivity contribution in [2.24, 2.45) is 0 Å². The number of nitriles is 1. The van der Waals surface area contributed by atoms with Crippen LogP contribution in [0.25, 0.3) is 6.08 Å². The lowest BCUT2D eigenvalue weighted by atomic mass is 10.2. The van der Waals surface area contributed by atoms with Crippen LogP contribution in [0, 0.1) is 11.3 Å². The van der Waals surface area contributed by atoms with Gasteiger partial charge < -0.3 is 0 Å². The summed E-state index contributed by atoms with van der Waals surface area (Å²) in [5, 5.41) is 12.7. The fraction of sp³-hybridized carbons (Fsp3) is 0.154. The Labute approximate surface area is 130 Å². The Bertz CT molecular complexity index is 690. The van der Waals surface area contributed by atoms with Crippen LogP contribution in [0.5, 0.6) is 0 Å². The average molecular weight is 317 g/mol. The van der Waals surface area contributed by atoms with Gasteiger partial charge in [-0.15, -0.1) is 0 Å². The molecule has 1 amide bonds. The molecule has 0 atom stereocenters. The van der Waals surface area contributed by atoms with E-state index < -0.39 is 5.91 Å². The molecule has 0 spiro atoms. The van der Waals surface area contributed by atoms with E-state index in [0.717, 1.165) is 17.3 Å². The highest BCUT2D eigenvalue weighted by Gasteiger charge is 2.12. The maximum Gasteiger partial charge on any atom is 0.268 e. The zero-order chi connectivity index (χ0) is 15.1. The Hall–Kier alpha value is -2.24. The van der Waals surface area contributed by atoms with Crippen LogP contribution in [0.2, 0.25) is 0 Å². The molecule has 2 aromatic heterocycles.